The normalized spacial score (nSPS) is 10.7. The first-order valence-electron chi connectivity index (χ1n) is 6.57. The number of carboxylic acid groups (broad SMARTS) is 1. The summed E-state index contributed by atoms with van der Waals surface area (Å²) in [4.78, 5) is 22.1. The van der Waals surface area contributed by atoms with E-state index < -0.39 is 11.9 Å². The molecule has 0 bridgehead atoms. The van der Waals surface area contributed by atoms with Crippen molar-refractivity contribution in [1.29, 1.82) is 5.26 Å². The topological polar surface area (TPSA) is 102 Å². The maximum absolute atomic E-state index is 11.8. The number of aryl methyl sites for hydroxylation is 1. The van der Waals surface area contributed by atoms with Crippen LogP contribution in [0.1, 0.15) is 18.4 Å². The second kappa shape index (κ2) is 8.85. The van der Waals surface area contributed by atoms with Crippen LogP contribution in [0, 0.1) is 18.3 Å². The maximum atomic E-state index is 11.8. The van der Waals surface area contributed by atoms with Crippen molar-refractivity contribution >= 4 is 33.5 Å². The SMILES string of the molecule is Cc1cc(Br)ccc1N/C=C(/C#N)C(=O)NCCCC(=O)O. The average molecular weight is 366 g/mol. The molecule has 0 heterocycles. The number of benzene rings is 1. The summed E-state index contributed by atoms with van der Waals surface area (Å²) in [5, 5.41) is 22.9. The molecule has 0 aliphatic carbocycles. The Kier molecular flexibility index (Phi) is 7.13. The summed E-state index contributed by atoms with van der Waals surface area (Å²) >= 11 is 3.36. The molecule has 0 aromatic heterocycles. The Hall–Kier alpha value is -2.33. The maximum Gasteiger partial charge on any atom is 0.303 e. The molecule has 7 heteroatoms. The van der Waals surface area contributed by atoms with Crippen LogP contribution in [0.3, 0.4) is 0 Å². The highest BCUT2D eigenvalue weighted by molar-refractivity contribution is 9.10. The largest absolute Gasteiger partial charge is 0.481 e. The van der Waals surface area contributed by atoms with Crippen molar-refractivity contribution in [1.82, 2.24) is 5.32 Å². The van der Waals surface area contributed by atoms with E-state index in [0.717, 1.165) is 15.7 Å². The van der Waals surface area contributed by atoms with E-state index in [4.69, 9.17) is 10.4 Å². The van der Waals surface area contributed by atoms with Gasteiger partial charge in [-0.2, -0.15) is 5.26 Å². The van der Waals surface area contributed by atoms with E-state index in [9.17, 15) is 9.59 Å². The Bertz CT molecular complexity index is 635. The number of hydrogen-bond acceptors (Lipinski definition) is 4. The predicted molar refractivity (Wildman–Crippen MR) is 86.1 cm³/mol. The Balaban J connectivity index is 2.60. The average Bonchev–Trinajstić information content (AvgIpc) is 2.46. The van der Waals surface area contributed by atoms with Crippen molar-refractivity contribution in [3.05, 3.63) is 40.0 Å². The van der Waals surface area contributed by atoms with Gasteiger partial charge < -0.3 is 15.7 Å². The van der Waals surface area contributed by atoms with E-state index in [2.05, 4.69) is 26.6 Å². The highest BCUT2D eigenvalue weighted by Crippen LogP contribution is 2.20. The number of nitrogens with zero attached hydrogens (tertiary/aromatic N) is 1. The van der Waals surface area contributed by atoms with Crippen LogP contribution in [-0.4, -0.2) is 23.5 Å². The third-order valence-electron chi connectivity index (χ3n) is 2.78. The number of carboxylic acids is 1. The molecule has 0 saturated heterocycles. The first-order valence-corrected chi connectivity index (χ1v) is 7.36. The molecular formula is C15H16BrN3O3. The van der Waals surface area contributed by atoms with Crippen molar-refractivity contribution in [2.75, 3.05) is 11.9 Å². The van der Waals surface area contributed by atoms with Gasteiger partial charge in [-0.15, -0.1) is 0 Å². The minimum Gasteiger partial charge on any atom is -0.481 e. The van der Waals surface area contributed by atoms with E-state index in [1.54, 1.807) is 0 Å². The number of nitrogens with one attached hydrogen (secondary N) is 2. The molecule has 0 saturated carbocycles. The van der Waals surface area contributed by atoms with E-state index in [1.165, 1.54) is 6.20 Å². The Morgan fingerprint density at radius 3 is 2.77 bits per heavy atom. The van der Waals surface area contributed by atoms with Crippen molar-refractivity contribution < 1.29 is 14.7 Å². The molecule has 0 radical (unpaired) electrons. The Morgan fingerprint density at radius 2 is 2.18 bits per heavy atom. The zero-order valence-corrected chi connectivity index (χ0v) is 13.6. The number of rotatable bonds is 7. The van der Waals surface area contributed by atoms with Crippen LogP contribution < -0.4 is 10.6 Å². The molecule has 22 heavy (non-hydrogen) atoms. The quantitative estimate of drug-likeness (QED) is 0.391. The van der Waals surface area contributed by atoms with Gasteiger partial charge in [0.15, 0.2) is 0 Å². The monoisotopic (exact) mass is 365 g/mol. The fourth-order valence-electron chi connectivity index (χ4n) is 1.62. The molecule has 1 aromatic carbocycles. The summed E-state index contributed by atoms with van der Waals surface area (Å²) in [5.74, 6) is -1.45. The number of carbonyl (C=O) groups excluding carboxylic acids is 1. The fourth-order valence-corrected chi connectivity index (χ4v) is 2.10. The lowest BCUT2D eigenvalue weighted by Gasteiger charge is -2.07. The smallest absolute Gasteiger partial charge is 0.303 e. The van der Waals surface area contributed by atoms with Gasteiger partial charge in [-0.05, 0) is 37.1 Å². The van der Waals surface area contributed by atoms with Crippen LogP contribution in [-0.2, 0) is 9.59 Å². The molecule has 0 atom stereocenters. The molecule has 1 rings (SSSR count). The van der Waals surface area contributed by atoms with E-state index in [-0.39, 0.29) is 18.5 Å². The molecule has 116 valence electrons. The number of hydrogen-bond donors (Lipinski definition) is 3. The van der Waals surface area contributed by atoms with Crippen molar-refractivity contribution in [3.63, 3.8) is 0 Å². The lowest BCUT2D eigenvalue weighted by molar-refractivity contribution is -0.137. The van der Waals surface area contributed by atoms with E-state index in [1.807, 2.05) is 31.2 Å². The van der Waals surface area contributed by atoms with Crippen molar-refractivity contribution in [2.45, 2.75) is 19.8 Å². The standard InChI is InChI=1S/C15H16BrN3O3/c1-10-7-12(16)4-5-13(10)19-9-11(8-17)15(22)18-6-2-3-14(20)21/h4-5,7,9,19H,2-3,6H2,1H3,(H,18,22)(H,20,21)/b11-9-. The minimum atomic E-state index is -0.919. The zero-order chi connectivity index (χ0) is 16.5. The van der Waals surface area contributed by atoms with Crippen LogP contribution in [0.4, 0.5) is 5.69 Å². The van der Waals surface area contributed by atoms with Gasteiger partial charge in [-0.25, -0.2) is 0 Å². The summed E-state index contributed by atoms with van der Waals surface area (Å²) in [6, 6.07) is 7.40. The summed E-state index contributed by atoms with van der Waals surface area (Å²) in [7, 11) is 0. The number of nitriles is 1. The minimum absolute atomic E-state index is 0.0256. The lowest BCUT2D eigenvalue weighted by Crippen LogP contribution is -2.26. The Labute approximate surface area is 137 Å². The molecule has 6 nitrogen and oxygen atoms in total. The molecule has 0 unspecified atom stereocenters. The third-order valence-corrected chi connectivity index (χ3v) is 3.27. The van der Waals surface area contributed by atoms with Gasteiger partial charge in [-0.1, -0.05) is 15.9 Å². The molecule has 0 aliphatic heterocycles. The van der Waals surface area contributed by atoms with Gasteiger partial charge >= 0.3 is 5.97 Å². The highest BCUT2D eigenvalue weighted by Gasteiger charge is 2.08. The second-order valence-electron chi connectivity index (χ2n) is 4.53. The third kappa shape index (κ3) is 5.97. The zero-order valence-electron chi connectivity index (χ0n) is 12.0. The number of carbonyl (C=O) groups is 2. The van der Waals surface area contributed by atoms with Crippen LogP contribution in [0.2, 0.25) is 0 Å². The molecule has 0 fully saturated rings. The Morgan fingerprint density at radius 1 is 1.45 bits per heavy atom. The van der Waals surface area contributed by atoms with Crippen molar-refractivity contribution in [3.8, 4) is 6.07 Å². The second-order valence-corrected chi connectivity index (χ2v) is 5.44. The van der Waals surface area contributed by atoms with E-state index in [0.29, 0.717) is 6.42 Å². The summed E-state index contributed by atoms with van der Waals surface area (Å²) in [6.07, 6.45) is 1.63. The van der Waals surface area contributed by atoms with Gasteiger partial charge in [0.1, 0.15) is 11.6 Å². The van der Waals surface area contributed by atoms with Gasteiger partial charge in [-0.3, -0.25) is 9.59 Å². The van der Waals surface area contributed by atoms with Gasteiger partial charge in [0, 0.05) is 29.3 Å². The van der Waals surface area contributed by atoms with E-state index >= 15 is 0 Å². The lowest BCUT2D eigenvalue weighted by atomic mass is 10.2. The van der Waals surface area contributed by atoms with Crippen LogP contribution >= 0.6 is 15.9 Å². The highest BCUT2D eigenvalue weighted by atomic mass is 79.9. The first-order chi connectivity index (χ1) is 10.4. The van der Waals surface area contributed by atoms with Crippen molar-refractivity contribution in [2.24, 2.45) is 0 Å². The molecule has 1 amide bonds. The number of halogens is 1. The van der Waals surface area contributed by atoms with Crippen LogP contribution in [0.5, 0.6) is 0 Å². The first kappa shape index (κ1) is 17.7. The number of anilines is 1. The van der Waals surface area contributed by atoms with Gasteiger partial charge in [0.25, 0.3) is 5.91 Å². The van der Waals surface area contributed by atoms with Crippen LogP contribution in [0.25, 0.3) is 0 Å². The molecule has 3 N–H and O–H groups in total. The summed E-state index contributed by atoms with van der Waals surface area (Å²) in [5.41, 5.74) is 1.68. The number of aliphatic carboxylic acids is 1. The predicted octanol–water partition coefficient (Wildman–Crippen LogP) is 2.56. The molecule has 1 aromatic rings. The summed E-state index contributed by atoms with van der Waals surface area (Å²) < 4.78 is 0.941. The fraction of sp³-hybridized carbons (Fsp3) is 0.267. The number of amides is 1. The van der Waals surface area contributed by atoms with Gasteiger partial charge in [0.2, 0.25) is 0 Å². The summed E-state index contributed by atoms with van der Waals surface area (Å²) in [6.45, 7) is 2.11. The van der Waals surface area contributed by atoms with Gasteiger partial charge in [0.05, 0.1) is 0 Å². The molecular weight excluding hydrogens is 350 g/mol. The van der Waals surface area contributed by atoms with Crippen LogP contribution in [0.15, 0.2) is 34.4 Å². The molecule has 0 spiro atoms. The molecule has 0 aliphatic rings.